The number of carboxylic acids is 1. The van der Waals surface area contributed by atoms with Crippen molar-refractivity contribution in [1.82, 2.24) is 4.90 Å². The second-order valence-electron chi connectivity index (χ2n) is 4.69. The predicted molar refractivity (Wildman–Crippen MR) is 73.8 cm³/mol. The fraction of sp³-hybridized carbons (Fsp3) is 0.846. The van der Waals surface area contributed by atoms with E-state index in [-0.39, 0.29) is 5.91 Å². The van der Waals surface area contributed by atoms with E-state index in [1.807, 2.05) is 11.8 Å². The molecule has 1 fully saturated rings. The van der Waals surface area contributed by atoms with Crippen molar-refractivity contribution >= 4 is 23.6 Å². The summed E-state index contributed by atoms with van der Waals surface area (Å²) in [6, 6.07) is 0. The molecule has 1 saturated heterocycles. The van der Waals surface area contributed by atoms with Gasteiger partial charge in [-0.15, -0.1) is 11.8 Å². The molecule has 1 aliphatic heterocycles. The highest BCUT2D eigenvalue weighted by Gasteiger charge is 2.20. The fourth-order valence-corrected chi connectivity index (χ4v) is 3.03. The Morgan fingerprint density at radius 2 is 1.72 bits per heavy atom. The van der Waals surface area contributed by atoms with Crippen LogP contribution >= 0.6 is 11.8 Å². The van der Waals surface area contributed by atoms with Crippen molar-refractivity contribution in [3.05, 3.63) is 0 Å². The van der Waals surface area contributed by atoms with Gasteiger partial charge in [-0.3, -0.25) is 9.59 Å². The van der Waals surface area contributed by atoms with Crippen molar-refractivity contribution in [3.8, 4) is 0 Å². The molecule has 1 unspecified atom stereocenters. The monoisotopic (exact) mass is 273 g/mol. The maximum Gasteiger partial charge on any atom is 0.316 e. The minimum Gasteiger partial charge on any atom is -0.480 e. The second kappa shape index (κ2) is 8.40. The van der Waals surface area contributed by atoms with Crippen LogP contribution in [-0.4, -0.2) is 46.0 Å². The molecule has 1 heterocycles. The molecule has 1 N–H and O–H groups in total. The average Bonchev–Trinajstić information content (AvgIpc) is 2.28. The maximum absolute atomic E-state index is 12.0. The van der Waals surface area contributed by atoms with E-state index in [2.05, 4.69) is 0 Å². The molecular formula is C13H23NO3S. The van der Waals surface area contributed by atoms with E-state index in [0.29, 0.717) is 12.2 Å². The SMILES string of the molecule is CCC(SCC(=O)N1CCCCCCC1)C(=O)O. The third-order valence-electron chi connectivity index (χ3n) is 3.26. The molecule has 1 aliphatic rings. The van der Waals surface area contributed by atoms with Crippen LogP contribution in [0.1, 0.15) is 45.4 Å². The van der Waals surface area contributed by atoms with Gasteiger partial charge in [0.1, 0.15) is 5.25 Å². The largest absolute Gasteiger partial charge is 0.480 e. The standard InChI is InChI=1S/C13H23NO3S/c1-2-11(13(16)17)18-10-12(15)14-8-6-4-3-5-7-9-14/h11H,2-10H2,1H3,(H,16,17). The van der Waals surface area contributed by atoms with E-state index < -0.39 is 11.2 Å². The van der Waals surface area contributed by atoms with Crippen LogP contribution in [0.15, 0.2) is 0 Å². The molecule has 5 heteroatoms. The van der Waals surface area contributed by atoms with E-state index in [1.54, 1.807) is 0 Å². The number of amides is 1. The number of hydrogen-bond donors (Lipinski definition) is 1. The fourth-order valence-electron chi connectivity index (χ4n) is 2.12. The summed E-state index contributed by atoms with van der Waals surface area (Å²) in [5, 5.41) is 8.48. The van der Waals surface area contributed by atoms with E-state index in [4.69, 9.17) is 5.11 Å². The van der Waals surface area contributed by atoms with Gasteiger partial charge in [0.05, 0.1) is 5.75 Å². The second-order valence-corrected chi connectivity index (χ2v) is 5.89. The average molecular weight is 273 g/mol. The quantitative estimate of drug-likeness (QED) is 0.835. The Bertz CT molecular complexity index is 275. The lowest BCUT2D eigenvalue weighted by Crippen LogP contribution is -2.35. The number of carbonyl (C=O) groups is 2. The van der Waals surface area contributed by atoms with E-state index in [9.17, 15) is 9.59 Å². The van der Waals surface area contributed by atoms with Crippen molar-refractivity contribution in [1.29, 1.82) is 0 Å². The molecule has 1 atom stereocenters. The first kappa shape index (κ1) is 15.3. The minimum atomic E-state index is -0.817. The highest BCUT2D eigenvalue weighted by Crippen LogP contribution is 2.17. The van der Waals surface area contributed by atoms with Crippen LogP contribution in [-0.2, 0) is 9.59 Å². The van der Waals surface area contributed by atoms with Gasteiger partial charge in [-0.1, -0.05) is 26.2 Å². The van der Waals surface area contributed by atoms with Crippen molar-refractivity contribution < 1.29 is 14.7 Å². The molecule has 0 aromatic carbocycles. The summed E-state index contributed by atoms with van der Waals surface area (Å²) in [6.07, 6.45) is 6.38. The Labute approximate surface area is 113 Å². The third-order valence-corrected chi connectivity index (χ3v) is 4.61. The lowest BCUT2D eigenvalue weighted by Gasteiger charge is -2.25. The van der Waals surface area contributed by atoms with Gasteiger partial charge in [0.25, 0.3) is 0 Å². The number of hydrogen-bond acceptors (Lipinski definition) is 3. The Balaban J connectivity index is 2.35. The molecule has 1 rings (SSSR count). The lowest BCUT2D eigenvalue weighted by atomic mass is 10.1. The molecular weight excluding hydrogens is 250 g/mol. The number of likely N-dealkylation sites (tertiary alicyclic amines) is 1. The first-order chi connectivity index (χ1) is 8.65. The third kappa shape index (κ3) is 5.29. The van der Waals surface area contributed by atoms with Gasteiger partial charge in [-0.25, -0.2) is 0 Å². The Kier molecular flexibility index (Phi) is 7.16. The number of thioether (sulfide) groups is 1. The summed E-state index contributed by atoms with van der Waals surface area (Å²) in [6.45, 7) is 3.51. The van der Waals surface area contributed by atoms with E-state index in [0.717, 1.165) is 25.9 Å². The van der Waals surface area contributed by atoms with Crippen LogP contribution in [0, 0.1) is 0 Å². The van der Waals surface area contributed by atoms with Gasteiger partial charge in [-0.2, -0.15) is 0 Å². The maximum atomic E-state index is 12.0. The van der Waals surface area contributed by atoms with Crippen molar-refractivity contribution in [2.24, 2.45) is 0 Å². The highest BCUT2D eigenvalue weighted by atomic mass is 32.2. The summed E-state index contributed by atoms with van der Waals surface area (Å²) in [7, 11) is 0. The molecule has 0 bridgehead atoms. The van der Waals surface area contributed by atoms with Crippen LogP contribution in [0.25, 0.3) is 0 Å². The normalized spacial score (nSPS) is 18.8. The predicted octanol–water partition coefficient (Wildman–Crippen LogP) is 2.38. The summed E-state index contributed by atoms with van der Waals surface area (Å²) in [4.78, 5) is 24.8. The van der Waals surface area contributed by atoms with Crippen LogP contribution in [0.5, 0.6) is 0 Å². The molecule has 1 amide bonds. The molecule has 0 aromatic heterocycles. The molecule has 104 valence electrons. The van der Waals surface area contributed by atoms with Gasteiger partial charge >= 0.3 is 5.97 Å². The summed E-state index contributed by atoms with van der Waals surface area (Å²) in [5.74, 6) is -0.422. The molecule has 0 aliphatic carbocycles. The smallest absolute Gasteiger partial charge is 0.316 e. The number of carbonyl (C=O) groups excluding carboxylic acids is 1. The molecule has 0 radical (unpaired) electrons. The number of nitrogens with zero attached hydrogens (tertiary/aromatic N) is 1. The topological polar surface area (TPSA) is 57.6 Å². The lowest BCUT2D eigenvalue weighted by molar-refractivity contribution is -0.136. The van der Waals surface area contributed by atoms with Gasteiger partial charge < -0.3 is 10.0 Å². The van der Waals surface area contributed by atoms with Crippen molar-refractivity contribution in [3.63, 3.8) is 0 Å². The number of carboxylic acid groups (broad SMARTS) is 1. The molecule has 0 spiro atoms. The zero-order valence-electron chi connectivity index (χ0n) is 11.1. The van der Waals surface area contributed by atoms with Crippen LogP contribution in [0.2, 0.25) is 0 Å². The Morgan fingerprint density at radius 1 is 1.17 bits per heavy atom. The summed E-state index contributed by atoms with van der Waals surface area (Å²) >= 11 is 1.25. The highest BCUT2D eigenvalue weighted by molar-refractivity contribution is 8.01. The van der Waals surface area contributed by atoms with Crippen LogP contribution in [0.4, 0.5) is 0 Å². The van der Waals surface area contributed by atoms with Gasteiger partial charge in [0.2, 0.25) is 5.91 Å². The Morgan fingerprint density at radius 3 is 2.22 bits per heavy atom. The molecule has 0 aromatic rings. The van der Waals surface area contributed by atoms with Crippen molar-refractivity contribution in [2.45, 2.75) is 50.7 Å². The zero-order chi connectivity index (χ0) is 13.4. The van der Waals surface area contributed by atoms with Crippen LogP contribution < -0.4 is 0 Å². The summed E-state index contributed by atoms with van der Waals surface area (Å²) < 4.78 is 0. The molecule has 18 heavy (non-hydrogen) atoms. The van der Waals surface area contributed by atoms with Gasteiger partial charge in [0.15, 0.2) is 0 Å². The zero-order valence-corrected chi connectivity index (χ0v) is 11.9. The van der Waals surface area contributed by atoms with Gasteiger partial charge in [-0.05, 0) is 19.3 Å². The Hall–Kier alpha value is -0.710. The first-order valence-electron chi connectivity index (χ1n) is 6.77. The number of rotatable bonds is 5. The van der Waals surface area contributed by atoms with E-state index in [1.165, 1.54) is 31.0 Å². The summed E-state index contributed by atoms with van der Waals surface area (Å²) in [5.41, 5.74) is 0. The molecule has 4 nitrogen and oxygen atoms in total. The number of aliphatic carboxylic acids is 1. The van der Waals surface area contributed by atoms with Crippen molar-refractivity contribution in [2.75, 3.05) is 18.8 Å². The molecule has 0 saturated carbocycles. The first-order valence-corrected chi connectivity index (χ1v) is 7.82. The minimum absolute atomic E-state index is 0.0987. The van der Waals surface area contributed by atoms with Gasteiger partial charge in [0, 0.05) is 13.1 Å². The van der Waals surface area contributed by atoms with E-state index >= 15 is 0 Å². The van der Waals surface area contributed by atoms with Crippen LogP contribution in [0.3, 0.4) is 0 Å².